The molecule has 0 aromatic heterocycles. The monoisotopic (exact) mass is 284 g/mol. The summed E-state index contributed by atoms with van der Waals surface area (Å²) >= 11 is 0. The van der Waals surface area contributed by atoms with E-state index in [-0.39, 0.29) is 37.5 Å². The zero-order valence-electron chi connectivity index (χ0n) is 13.0. The van der Waals surface area contributed by atoms with E-state index in [4.69, 9.17) is 9.47 Å². The molecule has 0 N–H and O–H groups in total. The fourth-order valence-electron chi connectivity index (χ4n) is 1.68. The average Bonchev–Trinajstić information content (AvgIpc) is 2.41. The molecule has 0 aliphatic heterocycles. The zero-order chi connectivity index (χ0) is 15.2. The van der Waals surface area contributed by atoms with Crippen LogP contribution in [0.25, 0.3) is 0 Å². The molecule has 4 heteroatoms. The minimum absolute atomic E-state index is 0.0717. The summed E-state index contributed by atoms with van der Waals surface area (Å²) in [5.41, 5.74) is 0. The Kier molecular flexibility index (Phi) is 11.9. The summed E-state index contributed by atoms with van der Waals surface area (Å²) in [6.07, 6.45) is 9.00. The SMILES string of the molecule is CC/C=C\COC(=O)CCC(=O)OC(C)CCCCC. The van der Waals surface area contributed by atoms with Crippen molar-refractivity contribution in [2.24, 2.45) is 0 Å². The molecule has 1 unspecified atom stereocenters. The molecule has 0 spiro atoms. The molecule has 4 nitrogen and oxygen atoms in total. The van der Waals surface area contributed by atoms with Crippen molar-refractivity contribution in [3.8, 4) is 0 Å². The Morgan fingerprint density at radius 3 is 2.40 bits per heavy atom. The van der Waals surface area contributed by atoms with Crippen LogP contribution in [0.15, 0.2) is 12.2 Å². The van der Waals surface area contributed by atoms with Crippen LogP contribution in [0, 0.1) is 0 Å². The van der Waals surface area contributed by atoms with E-state index in [1.54, 1.807) is 6.08 Å². The van der Waals surface area contributed by atoms with E-state index in [1.807, 2.05) is 19.9 Å². The van der Waals surface area contributed by atoms with E-state index in [0.717, 1.165) is 32.1 Å². The third-order valence-corrected chi connectivity index (χ3v) is 2.82. The summed E-state index contributed by atoms with van der Waals surface area (Å²) < 4.78 is 10.2. The Bertz CT molecular complexity index is 297. The van der Waals surface area contributed by atoms with Crippen LogP contribution in [0.1, 0.15) is 65.7 Å². The van der Waals surface area contributed by atoms with Crippen molar-refractivity contribution in [2.45, 2.75) is 71.8 Å². The Hall–Kier alpha value is -1.32. The Morgan fingerprint density at radius 2 is 1.75 bits per heavy atom. The third kappa shape index (κ3) is 11.8. The summed E-state index contributed by atoms with van der Waals surface area (Å²) in [6.45, 7) is 6.31. The van der Waals surface area contributed by atoms with E-state index >= 15 is 0 Å². The molecule has 0 aromatic carbocycles. The first-order valence-corrected chi connectivity index (χ1v) is 7.60. The van der Waals surface area contributed by atoms with Crippen molar-refractivity contribution in [1.82, 2.24) is 0 Å². The molecule has 0 saturated carbocycles. The lowest BCUT2D eigenvalue weighted by Gasteiger charge is -2.12. The summed E-state index contributed by atoms with van der Waals surface area (Å²) in [7, 11) is 0. The van der Waals surface area contributed by atoms with Gasteiger partial charge in [0.15, 0.2) is 0 Å². The zero-order valence-corrected chi connectivity index (χ0v) is 13.0. The number of carbonyl (C=O) groups excluding carboxylic acids is 2. The largest absolute Gasteiger partial charge is 0.463 e. The molecule has 20 heavy (non-hydrogen) atoms. The smallest absolute Gasteiger partial charge is 0.306 e. The maximum atomic E-state index is 11.5. The number of hydrogen-bond donors (Lipinski definition) is 0. The second-order valence-electron chi connectivity index (χ2n) is 4.86. The van der Waals surface area contributed by atoms with E-state index < -0.39 is 0 Å². The fraction of sp³-hybridized carbons (Fsp3) is 0.750. The van der Waals surface area contributed by atoms with Gasteiger partial charge in [-0.2, -0.15) is 0 Å². The Morgan fingerprint density at radius 1 is 1.05 bits per heavy atom. The van der Waals surface area contributed by atoms with Gasteiger partial charge in [-0.1, -0.05) is 38.8 Å². The summed E-state index contributed by atoms with van der Waals surface area (Å²) in [6, 6.07) is 0. The van der Waals surface area contributed by atoms with E-state index in [1.165, 1.54) is 0 Å². The van der Waals surface area contributed by atoms with E-state index in [2.05, 4.69) is 6.92 Å². The maximum absolute atomic E-state index is 11.5. The standard InChI is InChI=1S/C16H28O4/c1-4-6-8-10-14(3)20-16(18)12-11-15(17)19-13-9-7-5-2/h7,9,14H,4-6,8,10-13H2,1-3H3/b9-7-. The van der Waals surface area contributed by atoms with Gasteiger partial charge >= 0.3 is 11.9 Å². The summed E-state index contributed by atoms with van der Waals surface area (Å²) in [5.74, 6) is -0.684. The van der Waals surface area contributed by atoms with Crippen LogP contribution in [0.3, 0.4) is 0 Å². The number of ether oxygens (including phenoxy) is 2. The molecule has 0 fully saturated rings. The predicted molar refractivity (Wildman–Crippen MR) is 79.3 cm³/mol. The molecule has 0 aliphatic rings. The van der Waals surface area contributed by atoms with Crippen LogP contribution in [0.5, 0.6) is 0 Å². The van der Waals surface area contributed by atoms with Crippen molar-refractivity contribution >= 4 is 11.9 Å². The highest BCUT2D eigenvalue weighted by molar-refractivity contribution is 5.77. The van der Waals surface area contributed by atoms with Crippen LogP contribution in [-0.4, -0.2) is 24.6 Å². The van der Waals surface area contributed by atoms with Crippen molar-refractivity contribution in [3.05, 3.63) is 12.2 Å². The highest BCUT2D eigenvalue weighted by Crippen LogP contribution is 2.08. The number of carbonyl (C=O) groups is 2. The van der Waals surface area contributed by atoms with Gasteiger partial charge in [0, 0.05) is 0 Å². The summed E-state index contributed by atoms with van der Waals surface area (Å²) in [5, 5.41) is 0. The molecule has 1 atom stereocenters. The van der Waals surface area contributed by atoms with Crippen molar-refractivity contribution in [1.29, 1.82) is 0 Å². The molecule has 0 radical (unpaired) electrons. The predicted octanol–water partition coefficient (Wildman–Crippen LogP) is 3.79. The van der Waals surface area contributed by atoms with Crippen LogP contribution < -0.4 is 0 Å². The van der Waals surface area contributed by atoms with E-state index in [0.29, 0.717) is 0 Å². The second kappa shape index (κ2) is 12.7. The first kappa shape index (κ1) is 18.7. The van der Waals surface area contributed by atoms with Gasteiger partial charge in [0.2, 0.25) is 0 Å². The van der Waals surface area contributed by atoms with Crippen molar-refractivity contribution in [3.63, 3.8) is 0 Å². The van der Waals surface area contributed by atoms with Gasteiger partial charge in [0.1, 0.15) is 6.61 Å². The minimum Gasteiger partial charge on any atom is -0.463 e. The van der Waals surface area contributed by atoms with Gasteiger partial charge in [-0.05, 0) is 26.2 Å². The molecule has 0 heterocycles. The van der Waals surface area contributed by atoms with Gasteiger partial charge in [0.25, 0.3) is 0 Å². The normalized spacial score (nSPS) is 12.3. The van der Waals surface area contributed by atoms with E-state index in [9.17, 15) is 9.59 Å². The van der Waals surface area contributed by atoms with Gasteiger partial charge in [-0.25, -0.2) is 0 Å². The molecule has 0 saturated heterocycles. The average molecular weight is 284 g/mol. The van der Waals surface area contributed by atoms with Gasteiger partial charge in [0.05, 0.1) is 18.9 Å². The van der Waals surface area contributed by atoms with Crippen molar-refractivity contribution < 1.29 is 19.1 Å². The number of allylic oxidation sites excluding steroid dienone is 1. The van der Waals surface area contributed by atoms with Crippen molar-refractivity contribution in [2.75, 3.05) is 6.61 Å². The lowest BCUT2D eigenvalue weighted by molar-refractivity contribution is -0.152. The molecule has 0 bridgehead atoms. The third-order valence-electron chi connectivity index (χ3n) is 2.82. The van der Waals surface area contributed by atoms with Gasteiger partial charge in [-0.3, -0.25) is 9.59 Å². The molecule has 0 amide bonds. The second-order valence-corrected chi connectivity index (χ2v) is 4.86. The van der Waals surface area contributed by atoms with Gasteiger partial charge < -0.3 is 9.47 Å². The van der Waals surface area contributed by atoms with Crippen LogP contribution in [0.4, 0.5) is 0 Å². The minimum atomic E-state index is -0.360. The number of unbranched alkanes of at least 4 members (excludes halogenated alkanes) is 2. The topological polar surface area (TPSA) is 52.6 Å². The summed E-state index contributed by atoms with van der Waals surface area (Å²) in [4.78, 5) is 22.9. The lowest BCUT2D eigenvalue weighted by Crippen LogP contribution is -2.16. The first-order chi connectivity index (χ1) is 9.60. The molecule has 0 aliphatic carbocycles. The maximum Gasteiger partial charge on any atom is 0.306 e. The highest BCUT2D eigenvalue weighted by Gasteiger charge is 2.12. The Balaban J connectivity index is 3.65. The molecule has 0 aromatic rings. The first-order valence-electron chi connectivity index (χ1n) is 7.60. The number of hydrogen-bond acceptors (Lipinski definition) is 4. The lowest BCUT2D eigenvalue weighted by atomic mass is 10.1. The number of esters is 2. The molecular formula is C16H28O4. The van der Waals surface area contributed by atoms with Crippen LogP contribution in [0.2, 0.25) is 0 Å². The molecular weight excluding hydrogens is 256 g/mol. The highest BCUT2D eigenvalue weighted by atomic mass is 16.5. The number of rotatable bonds is 11. The molecule has 0 rings (SSSR count). The van der Waals surface area contributed by atoms with Gasteiger partial charge in [-0.15, -0.1) is 0 Å². The van der Waals surface area contributed by atoms with Crippen LogP contribution in [-0.2, 0) is 19.1 Å². The Labute approximate surface area is 122 Å². The fourth-order valence-corrected chi connectivity index (χ4v) is 1.68. The molecule has 116 valence electrons. The quantitative estimate of drug-likeness (QED) is 0.329. The van der Waals surface area contributed by atoms with Crippen LogP contribution >= 0.6 is 0 Å².